The lowest BCUT2D eigenvalue weighted by Gasteiger charge is -2.29. The third kappa shape index (κ3) is 2.44. The first-order chi connectivity index (χ1) is 8.65. The first kappa shape index (κ1) is 12.8. The summed E-state index contributed by atoms with van der Waals surface area (Å²) in [6.07, 6.45) is -0.440. The van der Waals surface area contributed by atoms with Crippen LogP contribution in [-0.4, -0.2) is 43.9 Å². The average molecular weight is 267 g/mol. The second kappa shape index (κ2) is 5.33. The Morgan fingerprint density at radius 2 is 2.50 bits per heavy atom. The highest BCUT2D eigenvalue weighted by molar-refractivity contribution is 7.17. The van der Waals surface area contributed by atoms with E-state index in [2.05, 4.69) is 11.1 Å². The van der Waals surface area contributed by atoms with Crippen LogP contribution >= 0.6 is 11.3 Å². The molecular formula is C11H13N3O3S. The Morgan fingerprint density at radius 1 is 1.72 bits per heavy atom. The van der Waals surface area contributed by atoms with Crippen molar-refractivity contribution in [1.82, 2.24) is 4.98 Å². The summed E-state index contributed by atoms with van der Waals surface area (Å²) < 4.78 is 9.96. The number of nitrogens with zero attached hydrogens (tertiary/aromatic N) is 3. The number of carbonyl (C=O) groups is 1. The van der Waals surface area contributed by atoms with Gasteiger partial charge < -0.3 is 14.4 Å². The summed E-state index contributed by atoms with van der Waals surface area (Å²) in [4.78, 5) is 18.3. The van der Waals surface area contributed by atoms with Gasteiger partial charge in [-0.3, -0.25) is 0 Å². The topological polar surface area (TPSA) is 75.4 Å². The van der Waals surface area contributed by atoms with Crippen LogP contribution < -0.4 is 4.90 Å². The van der Waals surface area contributed by atoms with E-state index in [1.165, 1.54) is 18.4 Å². The van der Waals surface area contributed by atoms with Gasteiger partial charge >= 0.3 is 5.97 Å². The number of esters is 1. The van der Waals surface area contributed by atoms with Crippen LogP contribution in [0, 0.1) is 18.3 Å². The van der Waals surface area contributed by atoms with Crippen LogP contribution in [0.5, 0.6) is 0 Å². The van der Waals surface area contributed by atoms with E-state index in [0.29, 0.717) is 30.3 Å². The van der Waals surface area contributed by atoms with Crippen LogP contribution in [0.2, 0.25) is 0 Å². The zero-order valence-electron chi connectivity index (χ0n) is 10.2. The molecule has 0 aliphatic carbocycles. The molecule has 1 aromatic rings. The smallest absolute Gasteiger partial charge is 0.350 e. The van der Waals surface area contributed by atoms with Gasteiger partial charge in [0.25, 0.3) is 0 Å². The largest absolute Gasteiger partial charge is 0.465 e. The number of morpholine rings is 1. The molecule has 0 N–H and O–H groups in total. The van der Waals surface area contributed by atoms with Crippen molar-refractivity contribution in [3.8, 4) is 6.07 Å². The lowest BCUT2D eigenvalue weighted by atomic mass is 10.3. The number of ether oxygens (including phenoxy) is 2. The summed E-state index contributed by atoms with van der Waals surface area (Å²) in [5, 5.41) is 9.58. The molecule has 1 atom stereocenters. The van der Waals surface area contributed by atoms with Gasteiger partial charge in [0.15, 0.2) is 11.2 Å². The molecule has 18 heavy (non-hydrogen) atoms. The number of anilines is 1. The number of carbonyl (C=O) groups excluding carboxylic acids is 1. The quantitative estimate of drug-likeness (QED) is 0.743. The summed E-state index contributed by atoms with van der Waals surface area (Å²) >= 11 is 1.29. The zero-order chi connectivity index (χ0) is 13.1. The SMILES string of the molecule is COC(=O)c1sc(N2CCOC(C#N)C2)nc1C. The van der Waals surface area contributed by atoms with Crippen molar-refractivity contribution in [2.75, 3.05) is 31.7 Å². The Balaban J connectivity index is 2.19. The summed E-state index contributed by atoms with van der Waals surface area (Å²) in [5.74, 6) is -0.374. The van der Waals surface area contributed by atoms with Crippen molar-refractivity contribution in [1.29, 1.82) is 5.26 Å². The summed E-state index contributed by atoms with van der Waals surface area (Å²) in [7, 11) is 1.35. The third-order valence-corrected chi connectivity index (χ3v) is 3.84. The Kier molecular flexibility index (Phi) is 3.79. The monoisotopic (exact) mass is 267 g/mol. The Hall–Kier alpha value is -1.65. The maximum absolute atomic E-state index is 11.5. The molecule has 96 valence electrons. The molecule has 0 saturated carbocycles. The molecule has 6 nitrogen and oxygen atoms in total. The molecule has 7 heteroatoms. The van der Waals surface area contributed by atoms with Gasteiger partial charge in [-0.25, -0.2) is 9.78 Å². The molecule has 0 radical (unpaired) electrons. The van der Waals surface area contributed by atoms with Crippen LogP contribution in [0.25, 0.3) is 0 Å². The van der Waals surface area contributed by atoms with Crippen LogP contribution in [0.3, 0.4) is 0 Å². The molecule has 2 heterocycles. The van der Waals surface area contributed by atoms with Crippen molar-refractivity contribution in [3.63, 3.8) is 0 Å². The predicted octanol–water partition coefficient (Wildman–Crippen LogP) is 0.967. The van der Waals surface area contributed by atoms with E-state index >= 15 is 0 Å². The number of methoxy groups -OCH3 is 1. The molecule has 0 spiro atoms. The number of hydrogen-bond acceptors (Lipinski definition) is 7. The number of aromatic nitrogens is 1. The van der Waals surface area contributed by atoms with E-state index in [0.717, 1.165) is 5.13 Å². The van der Waals surface area contributed by atoms with Gasteiger partial charge in [0.2, 0.25) is 0 Å². The molecule has 0 amide bonds. The highest BCUT2D eigenvalue weighted by Gasteiger charge is 2.24. The Bertz CT molecular complexity index is 494. The van der Waals surface area contributed by atoms with Crippen LogP contribution in [0.4, 0.5) is 5.13 Å². The molecule has 1 fully saturated rings. The van der Waals surface area contributed by atoms with Gasteiger partial charge in [0.1, 0.15) is 4.88 Å². The van der Waals surface area contributed by atoms with Crippen molar-refractivity contribution < 1.29 is 14.3 Å². The first-order valence-corrected chi connectivity index (χ1v) is 6.29. The molecule has 1 saturated heterocycles. The minimum atomic E-state index is -0.440. The van der Waals surface area contributed by atoms with Gasteiger partial charge in [0.05, 0.1) is 32.0 Å². The molecule has 1 aromatic heterocycles. The minimum Gasteiger partial charge on any atom is -0.465 e. The van der Waals surface area contributed by atoms with Crippen molar-refractivity contribution >= 4 is 22.4 Å². The lowest BCUT2D eigenvalue weighted by molar-refractivity contribution is 0.0605. The molecule has 2 rings (SSSR count). The number of aryl methyl sites for hydroxylation is 1. The number of nitriles is 1. The molecule has 0 aromatic carbocycles. The predicted molar refractivity (Wildman–Crippen MR) is 65.8 cm³/mol. The zero-order valence-corrected chi connectivity index (χ0v) is 11.0. The lowest BCUT2D eigenvalue weighted by Crippen LogP contribution is -2.41. The van der Waals surface area contributed by atoms with Gasteiger partial charge in [-0.05, 0) is 6.92 Å². The summed E-state index contributed by atoms with van der Waals surface area (Å²) in [6.45, 7) is 3.41. The second-order valence-corrected chi connectivity index (χ2v) is 4.81. The van der Waals surface area contributed by atoms with Crippen LogP contribution in [0.15, 0.2) is 0 Å². The van der Waals surface area contributed by atoms with E-state index in [1.54, 1.807) is 6.92 Å². The van der Waals surface area contributed by atoms with Crippen LogP contribution in [0.1, 0.15) is 15.4 Å². The van der Waals surface area contributed by atoms with E-state index < -0.39 is 6.10 Å². The fourth-order valence-corrected chi connectivity index (χ4v) is 2.72. The third-order valence-electron chi connectivity index (χ3n) is 2.64. The molecule has 1 unspecified atom stereocenters. The number of hydrogen-bond donors (Lipinski definition) is 0. The fraction of sp³-hybridized carbons (Fsp3) is 0.545. The summed E-state index contributed by atoms with van der Waals surface area (Å²) in [5.41, 5.74) is 0.654. The van der Waals surface area contributed by atoms with Gasteiger partial charge in [-0.2, -0.15) is 5.26 Å². The Morgan fingerprint density at radius 3 is 3.17 bits per heavy atom. The van der Waals surface area contributed by atoms with Crippen molar-refractivity contribution in [3.05, 3.63) is 10.6 Å². The first-order valence-electron chi connectivity index (χ1n) is 5.47. The highest BCUT2D eigenvalue weighted by Crippen LogP contribution is 2.27. The number of thiazole rings is 1. The molecule has 1 aliphatic heterocycles. The minimum absolute atomic E-state index is 0.374. The average Bonchev–Trinajstić information content (AvgIpc) is 2.80. The fourth-order valence-electron chi connectivity index (χ4n) is 1.70. The van der Waals surface area contributed by atoms with Gasteiger partial charge in [-0.15, -0.1) is 0 Å². The van der Waals surface area contributed by atoms with E-state index in [-0.39, 0.29) is 5.97 Å². The molecule has 1 aliphatic rings. The number of rotatable bonds is 2. The Labute approximate surface area is 109 Å². The molecule has 0 bridgehead atoms. The molecular weight excluding hydrogens is 254 g/mol. The van der Waals surface area contributed by atoms with E-state index in [1.807, 2.05) is 4.90 Å². The maximum Gasteiger partial charge on any atom is 0.350 e. The van der Waals surface area contributed by atoms with Crippen molar-refractivity contribution in [2.45, 2.75) is 13.0 Å². The summed E-state index contributed by atoms with van der Waals surface area (Å²) in [6, 6.07) is 2.08. The van der Waals surface area contributed by atoms with E-state index in [9.17, 15) is 4.79 Å². The van der Waals surface area contributed by atoms with Crippen molar-refractivity contribution in [2.24, 2.45) is 0 Å². The maximum atomic E-state index is 11.5. The standard InChI is InChI=1S/C11H13N3O3S/c1-7-9(10(15)16-2)18-11(13-7)14-3-4-17-8(5-12)6-14/h8H,3-4,6H2,1-2H3. The van der Waals surface area contributed by atoms with Crippen LogP contribution in [-0.2, 0) is 9.47 Å². The second-order valence-electron chi connectivity index (χ2n) is 3.84. The van der Waals surface area contributed by atoms with Gasteiger partial charge in [-0.1, -0.05) is 11.3 Å². The highest BCUT2D eigenvalue weighted by atomic mass is 32.1. The normalized spacial score (nSPS) is 19.4. The van der Waals surface area contributed by atoms with E-state index in [4.69, 9.17) is 14.7 Å². The van der Waals surface area contributed by atoms with Gasteiger partial charge in [0, 0.05) is 6.54 Å².